The van der Waals surface area contributed by atoms with Crippen LogP contribution in [0.5, 0.6) is 0 Å². The normalized spacial score (nSPS) is 11.3. The summed E-state index contributed by atoms with van der Waals surface area (Å²) < 4.78 is 4.64. The van der Waals surface area contributed by atoms with E-state index in [1.54, 1.807) is 30.3 Å². The highest BCUT2D eigenvalue weighted by atomic mass is 16.6. The topological polar surface area (TPSA) is 65.0 Å². The maximum Gasteiger partial charge on any atom is 0.360 e. The van der Waals surface area contributed by atoms with Crippen molar-refractivity contribution >= 4 is 24.0 Å². The van der Waals surface area contributed by atoms with Crippen LogP contribution in [0.4, 0.5) is 0 Å². The Morgan fingerprint density at radius 3 is 2.61 bits per heavy atom. The summed E-state index contributed by atoms with van der Waals surface area (Å²) in [5.74, 6) is -0.608. The highest BCUT2D eigenvalue weighted by Crippen LogP contribution is 2.13. The summed E-state index contributed by atoms with van der Waals surface area (Å²) in [5, 5.41) is 3.65. The standard InChI is InChI=1S/C13H13NO4/c1-17-13(16)12(14-18-2)11-8-4-3-6-10(11)7-5-9-15/h3-9H,1-2H3/b7-5+,14-12?. The van der Waals surface area contributed by atoms with Gasteiger partial charge >= 0.3 is 5.97 Å². The molecule has 5 heteroatoms. The van der Waals surface area contributed by atoms with Gasteiger partial charge in [0.1, 0.15) is 13.4 Å². The molecule has 0 aromatic heterocycles. The van der Waals surface area contributed by atoms with Crippen molar-refractivity contribution in [3.63, 3.8) is 0 Å². The van der Waals surface area contributed by atoms with Gasteiger partial charge in [-0.1, -0.05) is 35.5 Å². The second-order valence-electron chi connectivity index (χ2n) is 3.20. The van der Waals surface area contributed by atoms with E-state index in [-0.39, 0.29) is 5.71 Å². The smallest absolute Gasteiger partial charge is 0.360 e. The zero-order valence-corrected chi connectivity index (χ0v) is 10.1. The lowest BCUT2D eigenvalue weighted by Crippen LogP contribution is -2.18. The molecule has 1 aromatic carbocycles. The Hall–Kier alpha value is -2.43. The summed E-state index contributed by atoms with van der Waals surface area (Å²) in [6, 6.07) is 6.99. The van der Waals surface area contributed by atoms with Gasteiger partial charge in [-0.15, -0.1) is 0 Å². The fraction of sp³-hybridized carbons (Fsp3) is 0.154. The van der Waals surface area contributed by atoms with E-state index in [1.165, 1.54) is 20.3 Å². The maximum atomic E-state index is 11.6. The Morgan fingerprint density at radius 1 is 1.28 bits per heavy atom. The molecule has 5 nitrogen and oxygen atoms in total. The average Bonchev–Trinajstić information content (AvgIpc) is 2.42. The number of carbonyl (C=O) groups excluding carboxylic acids is 2. The van der Waals surface area contributed by atoms with E-state index in [0.29, 0.717) is 17.4 Å². The molecule has 0 spiro atoms. The minimum Gasteiger partial charge on any atom is -0.464 e. The number of aldehydes is 1. The van der Waals surface area contributed by atoms with Gasteiger partial charge in [-0.25, -0.2) is 4.79 Å². The van der Waals surface area contributed by atoms with Crippen molar-refractivity contribution in [3.8, 4) is 0 Å². The number of allylic oxidation sites excluding steroid dienone is 1. The van der Waals surface area contributed by atoms with Crippen molar-refractivity contribution in [2.24, 2.45) is 5.16 Å². The number of rotatable bonds is 5. The first-order valence-corrected chi connectivity index (χ1v) is 5.15. The van der Waals surface area contributed by atoms with Crippen LogP contribution in [0.25, 0.3) is 6.08 Å². The van der Waals surface area contributed by atoms with Crippen LogP contribution in [-0.2, 0) is 19.2 Å². The van der Waals surface area contributed by atoms with Crippen LogP contribution in [-0.4, -0.2) is 32.2 Å². The molecule has 1 aromatic rings. The van der Waals surface area contributed by atoms with Gasteiger partial charge in [0.05, 0.1) is 7.11 Å². The number of carbonyl (C=O) groups is 2. The Morgan fingerprint density at radius 2 is 2.00 bits per heavy atom. The van der Waals surface area contributed by atoms with Crippen molar-refractivity contribution in [1.29, 1.82) is 0 Å². The number of benzene rings is 1. The van der Waals surface area contributed by atoms with Crippen LogP contribution in [0.15, 0.2) is 35.5 Å². The molecule has 0 aliphatic heterocycles. The first-order chi connectivity index (χ1) is 8.74. The molecule has 0 radical (unpaired) electrons. The maximum absolute atomic E-state index is 11.6. The largest absolute Gasteiger partial charge is 0.464 e. The summed E-state index contributed by atoms with van der Waals surface area (Å²) in [6.07, 6.45) is 3.57. The molecule has 0 saturated carbocycles. The lowest BCUT2D eigenvalue weighted by atomic mass is 10.0. The second kappa shape index (κ2) is 7.01. The zero-order valence-electron chi connectivity index (χ0n) is 10.1. The molecule has 0 saturated heterocycles. The third-order valence-corrected chi connectivity index (χ3v) is 2.13. The third-order valence-electron chi connectivity index (χ3n) is 2.13. The Bertz CT molecular complexity index is 492. The molecule has 0 aliphatic carbocycles. The summed E-state index contributed by atoms with van der Waals surface area (Å²) in [7, 11) is 2.60. The molecule has 18 heavy (non-hydrogen) atoms. The number of oxime groups is 1. The molecule has 0 atom stereocenters. The highest BCUT2D eigenvalue weighted by molar-refractivity contribution is 6.43. The lowest BCUT2D eigenvalue weighted by molar-refractivity contribution is -0.132. The van der Waals surface area contributed by atoms with E-state index in [4.69, 9.17) is 0 Å². The van der Waals surface area contributed by atoms with Crippen LogP contribution in [0, 0.1) is 0 Å². The fourth-order valence-corrected chi connectivity index (χ4v) is 1.39. The molecule has 0 fully saturated rings. The number of ether oxygens (including phenoxy) is 1. The Labute approximate surface area is 105 Å². The van der Waals surface area contributed by atoms with E-state index >= 15 is 0 Å². The monoisotopic (exact) mass is 247 g/mol. The molecule has 1 rings (SSSR count). The van der Waals surface area contributed by atoms with Gasteiger partial charge in [0, 0.05) is 5.56 Å². The van der Waals surface area contributed by atoms with Crippen LogP contribution in [0.2, 0.25) is 0 Å². The molecule has 0 aliphatic rings. The lowest BCUT2D eigenvalue weighted by Gasteiger charge is -2.06. The number of hydrogen-bond acceptors (Lipinski definition) is 5. The summed E-state index contributed by atoms with van der Waals surface area (Å²) in [5.41, 5.74) is 1.25. The number of hydrogen-bond donors (Lipinski definition) is 0. The van der Waals surface area contributed by atoms with Crippen LogP contribution in [0.3, 0.4) is 0 Å². The van der Waals surface area contributed by atoms with E-state index in [0.717, 1.165) is 0 Å². The van der Waals surface area contributed by atoms with Gasteiger partial charge in [-0.3, -0.25) is 4.79 Å². The molecule has 94 valence electrons. The first kappa shape index (κ1) is 13.6. The minimum atomic E-state index is -0.608. The molecule has 0 unspecified atom stereocenters. The van der Waals surface area contributed by atoms with Gasteiger partial charge in [0.25, 0.3) is 0 Å². The fourth-order valence-electron chi connectivity index (χ4n) is 1.39. The van der Waals surface area contributed by atoms with Crippen molar-refractivity contribution in [3.05, 3.63) is 41.5 Å². The number of nitrogens with zero attached hydrogens (tertiary/aromatic N) is 1. The van der Waals surface area contributed by atoms with Gasteiger partial charge in [0.2, 0.25) is 0 Å². The van der Waals surface area contributed by atoms with Gasteiger partial charge in [-0.05, 0) is 11.6 Å². The summed E-state index contributed by atoms with van der Waals surface area (Å²) >= 11 is 0. The highest BCUT2D eigenvalue weighted by Gasteiger charge is 2.17. The zero-order chi connectivity index (χ0) is 13.4. The van der Waals surface area contributed by atoms with Crippen molar-refractivity contribution in [2.75, 3.05) is 14.2 Å². The molecule has 0 bridgehead atoms. The molecule has 0 N–H and O–H groups in total. The van der Waals surface area contributed by atoms with Crippen molar-refractivity contribution in [2.45, 2.75) is 0 Å². The molecular formula is C13H13NO4. The van der Waals surface area contributed by atoms with E-state index in [1.807, 2.05) is 0 Å². The van der Waals surface area contributed by atoms with E-state index in [9.17, 15) is 9.59 Å². The molecular weight excluding hydrogens is 234 g/mol. The molecule has 0 heterocycles. The van der Waals surface area contributed by atoms with Gasteiger partial charge < -0.3 is 9.57 Å². The summed E-state index contributed by atoms with van der Waals surface area (Å²) in [6.45, 7) is 0. The Kier molecular flexibility index (Phi) is 5.31. The van der Waals surface area contributed by atoms with E-state index in [2.05, 4.69) is 14.7 Å². The minimum absolute atomic E-state index is 0.0474. The molecule has 0 amide bonds. The van der Waals surface area contributed by atoms with Crippen molar-refractivity contribution < 1.29 is 19.2 Å². The average molecular weight is 247 g/mol. The van der Waals surface area contributed by atoms with Gasteiger partial charge in [0.15, 0.2) is 5.71 Å². The van der Waals surface area contributed by atoms with Gasteiger partial charge in [-0.2, -0.15) is 0 Å². The van der Waals surface area contributed by atoms with Crippen molar-refractivity contribution in [1.82, 2.24) is 0 Å². The van der Waals surface area contributed by atoms with Crippen LogP contribution in [0.1, 0.15) is 11.1 Å². The SMILES string of the molecule is CON=C(C(=O)OC)c1ccccc1/C=C/C=O. The predicted molar refractivity (Wildman–Crippen MR) is 67.1 cm³/mol. The predicted octanol–water partition coefficient (Wildman–Crippen LogP) is 1.42. The first-order valence-electron chi connectivity index (χ1n) is 5.15. The Balaban J connectivity index is 3.28. The third kappa shape index (κ3) is 3.28. The van der Waals surface area contributed by atoms with E-state index < -0.39 is 5.97 Å². The number of methoxy groups -OCH3 is 1. The second-order valence-corrected chi connectivity index (χ2v) is 3.20. The summed E-state index contributed by atoms with van der Waals surface area (Å²) in [4.78, 5) is 26.6. The quantitative estimate of drug-likeness (QED) is 0.259. The van der Waals surface area contributed by atoms with Crippen LogP contribution < -0.4 is 0 Å². The number of esters is 1. The van der Waals surface area contributed by atoms with Crippen LogP contribution >= 0.6 is 0 Å².